The number of rotatable bonds is 2. The summed E-state index contributed by atoms with van der Waals surface area (Å²) >= 11 is 12.9. The first kappa shape index (κ1) is 14.4. The minimum Gasteiger partial charge on any atom is -0.480 e. The molecule has 2 atom stereocenters. The van der Waals surface area contributed by atoms with E-state index in [1.165, 1.54) is 22.7 Å². The third-order valence-corrected chi connectivity index (χ3v) is 4.37. The molecule has 0 radical (unpaired) electrons. The number of carbonyl (C=O) groups is 2. The number of hydrogen-bond donors (Lipinski definition) is 1. The van der Waals surface area contributed by atoms with E-state index in [-0.39, 0.29) is 21.2 Å². The molecule has 1 aromatic rings. The Kier molecular flexibility index (Phi) is 4.17. The van der Waals surface area contributed by atoms with Gasteiger partial charge in [-0.25, -0.2) is 4.79 Å². The first-order valence-corrected chi connectivity index (χ1v) is 7.08. The van der Waals surface area contributed by atoms with Crippen LogP contribution in [0.15, 0.2) is 6.07 Å². The molecule has 9 heteroatoms. The van der Waals surface area contributed by atoms with Crippen molar-refractivity contribution in [2.24, 2.45) is 0 Å². The molecule has 2 unspecified atom stereocenters. The number of thioether (sulfide) groups is 1. The first-order chi connectivity index (χ1) is 8.91. The maximum Gasteiger partial charge on any atom is 0.327 e. The minimum atomic E-state index is -1.05. The van der Waals surface area contributed by atoms with Crippen LogP contribution in [0.2, 0.25) is 10.3 Å². The maximum absolute atomic E-state index is 12.4. The van der Waals surface area contributed by atoms with Crippen molar-refractivity contribution in [1.29, 1.82) is 0 Å². The second kappa shape index (κ2) is 5.52. The van der Waals surface area contributed by atoms with Gasteiger partial charge in [-0.3, -0.25) is 4.79 Å². The highest BCUT2D eigenvalue weighted by molar-refractivity contribution is 8.00. The van der Waals surface area contributed by atoms with Gasteiger partial charge in [-0.2, -0.15) is 0 Å². The van der Waals surface area contributed by atoms with Crippen LogP contribution in [0.3, 0.4) is 0 Å². The van der Waals surface area contributed by atoms with Crippen LogP contribution >= 0.6 is 35.0 Å². The molecule has 0 aromatic carbocycles. The van der Waals surface area contributed by atoms with E-state index in [4.69, 9.17) is 28.3 Å². The van der Waals surface area contributed by atoms with Gasteiger partial charge in [0.15, 0.2) is 10.3 Å². The van der Waals surface area contributed by atoms with Gasteiger partial charge in [0.1, 0.15) is 6.04 Å². The monoisotopic (exact) mass is 321 g/mol. The second-order valence-corrected chi connectivity index (χ2v) is 5.96. The van der Waals surface area contributed by atoms with E-state index in [1.54, 1.807) is 6.92 Å². The van der Waals surface area contributed by atoms with Crippen LogP contribution in [0, 0.1) is 0 Å². The van der Waals surface area contributed by atoms with E-state index in [2.05, 4.69) is 10.2 Å². The third-order valence-electron chi connectivity index (χ3n) is 2.69. The van der Waals surface area contributed by atoms with Crippen LogP contribution in [0.4, 0.5) is 0 Å². The lowest BCUT2D eigenvalue weighted by Crippen LogP contribution is -2.44. The van der Waals surface area contributed by atoms with Gasteiger partial charge in [0.25, 0.3) is 5.91 Å². The third kappa shape index (κ3) is 2.77. The zero-order chi connectivity index (χ0) is 14.2. The van der Waals surface area contributed by atoms with Crippen molar-refractivity contribution in [3.63, 3.8) is 0 Å². The van der Waals surface area contributed by atoms with Crippen molar-refractivity contribution < 1.29 is 14.7 Å². The lowest BCUT2D eigenvalue weighted by atomic mass is 10.2. The number of aliphatic carboxylic acids is 1. The van der Waals surface area contributed by atoms with Gasteiger partial charge >= 0.3 is 5.97 Å². The molecule has 2 rings (SSSR count). The summed E-state index contributed by atoms with van der Waals surface area (Å²) in [6.07, 6.45) is 0. The van der Waals surface area contributed by atoms with Gasteiger partial charge in [-0.15, -0.1) is 22.0 Å². The van der Waals surface area contributed by atoms with Crippen molar-refractivity contribution in [2.75, 3.05) is 5.75 Å². The molecule has 2 heterocycles. The summed E-state index contributed by atoms with van der Waals surface area (Å²) in [5, 5.41) is 15.9. The van der Waals surface area contributed by atoms with E-state index in [0.29, 0.717) is 5.75 Å². The topological polar surface area (TPSA) is 83.4 Å². The molecule has 1 saturated heterocycles. The van der Waals surface area contributed by atoms with Gasteiger partial charge < -0.3 is 10.0 Å². The van der Waals surface area contributed by atoms with Crippen LogP contribution in [-0.2, 0) is 4.79 Å². The van der Waals surface area contributed by atoms with E-state index >= 15 is 0 Å². The SMILES string of the molecule is CC1SCC(C(=O)O)N1C(=O)c1cc(Cl)nnc1Cl. The molecule has 19 heavy (non-hydrogen) atoms. The molecule has 0 saturated carbocycles. The molecule has 1 N–H and O–H groups in total. The molecule has 1 fully saturated rings. The van der Waals surface area contributed by atoms with E-state index in [9.17, 15) is 9.59 Å². The van der Waals surface area contributed by atoms with Gasteiger partial charge in [-0.05, 0) is 13.0 Å². The predicted octanol–water partition coefficient (Wildman–Crippen LogP) is 1.77. The number of amides is 1. The summed E-state index contributed by atoms with van der Waals surface area (Å²) in [4.78, 5) is 24.8. The summed E-state index contributed by atoms with van der Waals surface area (Å²) in [6, 6.07) is 0.406. The maximum atomic E-state index is 12.4. The second-order valence-electron chi connectivity index (χ2n) is 3.87. The fraction of sp³-hybridized carbons (Fsp3) is 0.400. The predicted molar refractivity (Wildman–Crippen MR) is 71.6 cm³/mol. The molecule has 0 bridgehead atoms. The van der Waals surface area contributed by atoms with Crippen molar-refractivity contribution in [1.82, 2.24) is 15.1 Å². The number of carbonyl (C=O) groups excluding carboxylic acids is 1. The summed E-state index contributed by atoms with van der Waals surface area (Å²) in [6.45, 7) is 1.76. The molecule has 1 aromatic heterocycles. The molecule has 1 amide bonds. The number of carboxylic acids is 1. The van der Waals surface area contributed by atoms with Crippen LogP contribution in [0.5, 0.6) is 0 Å². The van der Waals surface area contributed by atoms with Gasteiger partial charge in [0.2, 0.25) is 0 Å². The Labute approximate surface area is 123 Å². The molecule has 102 valence electrons. The van der Waals surface area contributed by atoms with E-state index < -0.39 is 17.9 Å². The summed E-state index contributed by atoms with van der Waals surface area (Å²) in [7, 11) is 0. The fourth-order valence-electron chi connectivity index (χ4n) is 1.78. The number of halogens is 2. The Morgan fingerprint density at radius 2 is 2.16 bits per heavy atom. The number of hydrogen-bond acceptors (Lipinski definition) is 5. The Hall–Kier alpha value is -1.05. The lowest BCUT2D eigenvalue weighted by Gasteiger charge is -2.25. The Balaban J connectivity index is 2.37. The van der Waals surface area contributed by atoms with Gasteiger partial charge in [-0.1, -0.05) is 23.2 Å². The zero-order valence-electron chi connectivity index (χ0n) is 9.71. The largest absolute Gasteiger partial charge is 0.480 e. The highest BCUT2D eigenvalue weighted by Gasteiger charge is 2.40. The number of carboxylic acid groups (broad SMARTS) is 1. The average Bonchev–Trinajstić information content (AvgIpc) is 2.73. The molecular formula is C10H9Cl2N3O3S. The van der Waals surface area contributed by atoms with Gasteiger partial charge in [0, 0.05) is 5.75 Å². The minimum absolute atomic E-state index is 0.0270. The Bertz CT molecular complexity index is 543. The average molecular weight is 322 g/mol. The highest BCUT2D eigenvalue weighted by Crippen LogP contribution is 2.31. The Morgan fingerprint density at radius 1 is 1.47 bits per heavy atom. The lowest BCUT2D eigenvalue weighted by molar-refractivity contribution is -0.141. The van der Waals surface area contributed by atoms with Crippen LogP contribution in [0.1, 0.15) is 17.3 Å². The van der Waals surface area contributed by atoms with Crippen molar-refractivity contribution in [2.45, 2.75) is 18.3 Å². The molecule has 0 spiro atoms. The molecule has 1 aliphatic heterocycles. The quantitative estimate of drug-likeness (QED) is 0.893. The number of aromatic nitrogens is 2. The van der Waals surface area contributed by atoms with E-state index in [0.717, 1.165) is 0 Å². The van der Waals surface area contributed by atoms with Crippen molar-refractivity contribution in [3.8, 4) is 0 Å². The smallest absolute Gasteiger partial charge is 0.327 e. The van der Waals surface area contributed by atoms with Crippen LogP contribution in [0.25, 0.3) is 0 Å². The van der Waals surface area contributed by atoms with Crippen molar-refractivity contribution >= 4 is 46.8 Å². The molecule has 1 aliphatic rings. The Morgan fingerprint density at radius 3 is 2.79 bits per heavy atom. The zero-order valence-corrected chi connectivity index (χ0v) is 12.0. The molecule has 0 aliphatic carbocycles. The highest BCUT2D eigenvalue weighted by atomic mass is 35.5. The van der Waals surface area contributed by atoms with Crippen molar-refractivity contribution in [3.05, 3.63) is 21.9 Å². The summed E-state index contributed by atoms with van der Waals surface area (Å²) in [5.74, 6) is -1.22. The normalized spacial score (nSPS) is 22.6. The standard InChI is InChI=1S/C10H9Cl2N3O3S/c1-4-15(6(3-19-4)10(17)18)9(16)5-2-7(11)13-14-8(5)12/h2,4,6H,3H2,1H3,(H,17,18). The number of nitrogens with zero attached hydrogens (tertiary/aromatic N) is 3. The van der Waals surface area contributed by atoms with E-state index in [1.807, 2.05) is 0 Å². The van der Waals surface area contributed by atoms with Crippen LogP contribution in [-0.4, -0.2) is 49.2 Å². The molecular weight excluding hydrogens is 313 g/mol. The summed E-state index contributed by atoms with van der Waals surface area (Å²) in [5.41, 5.74) is 0.0577. The summed E-state index contributed by atoms with van der Waals surface area (Å²) < 4.78 is 0. The fourth-order valence-corrected chi connectivity index (χ4v) is 3.27. The van der Waals surface area contributed by atoms with Gasteiger partial charge in [0.05, 0.1) is 10.9 Å². The first-order valence-electron chi connectivity index (χ1n) is 5.27. The molecule has 6 nitrogen and oxygen atoms in total. The van der Waals surface area contributed by atoms with Crippen LogP contribution < -0.4 is 0 Å².